The van der Waals surface area contributed by atoms with E-state index in [0.717, 1.165) is 25.0 Å². The molecule has 1 aliphatic heterocycles. The normalized spacial score (nSPS) is 18.3. The molecule has 2 rings (SSSR count). The molecule has 0 bridgehead atoms. The Kier molecular flexibility index (Phi) is 4.27. The van der Waals surface area contributed by atoms with Gasteiger partial charge in [-0.15, -0.1) is 0 Å². The van der Waals surface area contributed by atoms with Crippen molar-refractivity contribution < 1.29 is 14.3 Å². The zero-order valence-corrected chi connectivity index (χ0v) is 11.4. The van der Waals surface area contributed by atoms with Gasteiger partial charge in [-0.3, -0.25) is 4.79 Å². The molecule has 1 unspecified atom stereocenters. The number of nitrogens with one attached hydrogen (secondary N) is 1. The standard InChI is InChI=1S/C14H20N2O3/c1-9-6-13(18-2)11(7-12(9)15)14(17)16-8-10-4-3-5-19-10/h6-7,10H,3-5,8,15H2,1-2H3,(H,16,17). The van der Waals surface area contributed by atoms with E-state index in [2.05, 4.69) is 5.32 Å². The molecule has 0 radical (unpaired) electrons. The smallest absolute Gasteiger partial charge is 0.255 e. The molecular weight excluding hydrogens is 244 g/mol. The van der Waals surface area contributed by atoms with Crippen LogP contribution in [0.2, 0.25) is 0 Å². The van der Waals surface area contributed by atoms with Crippen molar-refractivity contribution in [3.63, 3.8) is 0 Å². The number of carbonyl (C=O) groups is 1. The number of aryl methyl sites for hydroxylation is 1. The van der Waals surface area contributed by atoms with Crippen LogP contribution in [0.5, 0.6) is 5.75 Å². The van der Waals surface area contributed by atoms with Crippen molar-refractivity contribution in [3.8, 4) is 5.75 Å². The van der Waals surface area contributed by atoms with Gasteiger partial charge in [0.2, 0.25) is 0 Å². The van der Waals surface area contributed by atoms with Gasteiger partial charge < -0.3 is 20.5 Å². The topological polar surface area (TPSA) is 73.6 Å². The average Bonchev–Trinajstić information content (AvgIpc) is 2.91. The highest BCUT2D eigenvalue weighted by Crippen LogP contribution is 2.24. The van der Waals surface area contributed by atoms with E-state index in [0.29, 0.717) is 23.5 Å². The molecular formula is C14H20N2O3. The van der Waals surface area contributed by atoms with Crippen LogP contribution in [0.25, 0.3) is 0 Å². The minimum Gasteiger partial charge on any atom is -0.496 e. The van der Waals surface area contributed by atoms with Crippen molar-refractivity contribution in [2.75, 3.05) is 26.0 Å². The molecule has 1 atom stereocenters. The second-order valence-corrected chi connectivity index (χ2v) is 4.75. The fraction of sp³-hybridized carbons (Fsp3) is 0.500. The van der Waals surface area contributed by atoms with Crippen LogP contribution < -0.4 is 15.8 Å². The summed E-state index contributed by atoms with van der Waals surface area (Å²) in [5.74, 6) is 0.357. The van der Waals surface area contributed by atoms with Crippen molar-refractivity contribution >= 4 is 11.6 Å². The quantitative estimate of drug-likeness (QED) is 0.808. The molecule has 1 fully saturated rings. The third-order valence-electron chi connectivity index (χ3n) is 3.35. The van der Waals surface area contributed by atoms with Crippen molar-refractivity contribution in [3.05, 3.63) is 23.3 Å². The number of hydrogen-bond acceptors (Lipinski definition) is 4. The second kappa shape index (κ2) is 5.93. The molecule has 5 heteroatoms. The molecule has 0 aromatic heterocycles. The van der Waals surface area contributed by atoms with Crippen molar-refractivity contribution in [1.82, 2.24) is 5.32 Å². The number of benzene rings is 1. The summed E-state index contributed by atoms with van der Waals surface area (Å²) in [6.45, 7) is 3.18. The molecule has 1 heterocycles. The number of amides is 1. The molecule has 1 aromatic carbocycles. The lowest BCUT2D eigenvalue weighted by Crippen LogP contribution is -2.32. The first-order valence-electron chi connectivity index (χ1n) is 6.45. The third-order valence-corrected chi connectivity index (χ3v) is 3.35. The Hall–Kier alpha value is -1.75. The van der Waals surface area contributed by atoms with Gasteiger partial charge in [0, 0.05) is 18.8 Å². The molecule has 0 aliphatic carbocycles. The summed E-state index contributed by atoms with van der Waals surface area (Å²) in [5.41, 5.74) is 7.78. The van der Waals surface area contributed by atoms with Crippen LogP contribution in [0.1, 0.15) is 28.8 Å². The zero-order valence-electron chi connectivity index (χ0n) is 11.4. The SMILES string of the molecule is COc1cc(C)c(N)cc1C(=O)NCC1CCCO1. The highest BCUT2D eigenvalue weighted by Gasteiger charge is 2.19. The van der Waals surface area contributed by atoms with Gasteiger partial charge in [-0.2, -0.15) is 0 Å². The first kappa shape index (κ1) is 13.7. The van der Waals surface area contributed by atoms with E-state index < -0.39 is 0 Å². The molecule has 1 aromatic rings. The molecule has 1 saturated heterocycles. The first-order valence-corrected chi connectivity index (χ1v) is 6.45. The van der Waals surface area contributed by atoms with Crippen molar-refractivity contribution in [1.29, 1.82) is 0 Å². The van der Waals surface area contributed by atoms with Gasteiger partial charge in [-0.1, -0.05) is 0 Å². The van der Waals surface area contributed by atoms with Gasteiger partial charge in [0.05, 0.1) is 18.8 Å². The molecule has 0 saturated carbocycles. The van der Waals surface area contributed by atoms with Crippen LogP contribution in [0.15, 0.2) is 12.1 Å². The van der Waals surface area contributed by atoms with Crippen LogP contribution in [-0.4, -0.2) is 32.3 Å². The van der Waals surface area contributed by atoms with Crippen LogP contribution in [0, 0.1) is 6.92 Å². The minimum absolute atomic E-state index is 0.123. The van der Waals surface area contributed by atoms with E-state index in [9.17, 15) is 4.79 Å². The zero-order chi connectivity index (χ0) is 13.8. The summed E-state index contributed by atoms with van der Waals surface area (Å²) in [7, 11) is 1.54. The Morgan fingerprint density at radius 3 is 3.00 bits per heavy atom. The maximum atomic E-state index is 12.1. The molecule has 1 aliphatic rings. The molecule has 19 heavy (non-hydrogen) atoms. The fourth-order valence-electron chi connectivity index (χ4n) is 2.15. The number of hydrogen-bond donors (Lipinski definition) is 2. The van der Waals surface area contributed by atoms with Crippen LogP contribution in [0.4, 0.5) is 5.69 Å². The number of rotatable bonds is 4. The van der Waals surface area contributed by atoms with Gasteiger partial charge in [0.25, 0.3) is 5.91 Å². The first-order chi connectivity index (χ1) is 9.11. The Balaban J connectivity index is 2.07. The molecule has 104 valence electrons. The number of nitrogen functional groups attached to an aromatic ring is 1. The van der Waals surface area contributed by atoms with Crippen LogP contribution >= 0.6 is 0 Å². The Labute approximate surface area is 113 Å². The molecule has 3 N–H and O–H groups in total. The van der Waals surface area contributed by atoms with Gasteiger partial charge >= 0.3 is 0 Å². The number of ether oxygens (including phenoxy) is 2. The molecule has 5 nitrogen and oxygen atoms in total. The van der Waals surface area contributed by atoms with Crippen molar-refractivity contribution in [2.24, 2.45) is 0 Å². The summed E-state index contributed by atoms with van der Waals surface area (Å²) in [6.07, 6.45) is 2.17. The van der Waals surface area contributed by atoms with Crippen LogP contribution in [-0.2, 0) is 4.74 Å². The minimum atomic E-state index is -0.181. The summed E-state index contributed by atoms with van der Waals surface area (Å²) < 4.78 is 10.7. The van der Waals surface area contributed by atoms with Gasteiger partial charge in [0.15, 0.2) is 0 Å². The number of methoxy groups -OCH3 is 1. The van der Waals surface area contributed by atoms with Gasteiger partial charge in [-0.25, -0.2) is 0 Å². The maximum absolute atomic E-state index is 12.1. The summed E-state index contributed by atoms with van der Waals surface area (Å²) >= 11 is 0. The Bertz CT molecular complexity index is 468. The highest BCUT2D eigenvalue weighted by atomic mass is 16.5. The molecule has 1 amide bonds. The van der Waals surface area contributed by atoms with E-state index in [1.165, 1.54) is 0 Å². The summed E-state index contributed by atoms with van der Waals surface area (Å²) in [5, 5.41) is 2.86. The van der Waals surface area contributed by atoms with Gasteiger partial charge in [0.1, 0.15) is 5.75 Å². The van der Waals surface area contributed by atoms with E-state index in [1.54, 1.807) is 19.2 Å². The predicted octanol–water partition coefficient (Wildman–Crippen LogP) is 1.49. The van der Waals surface area contributed by atoms with E-state index in [1.807, 2.05) is 6.92 Å². The van der Waals surface area contributed by atoms with E-state index in [-0.39, 0.29) is 12.0 Å². The Morgan fingerprint density at radius 1 is 1.58 bits per heavy atom. The number of nitrogens with two attached hydrogens (primary N) is 1. The lowest BCUT2D eigenvalue weighted by molar-refractivity contribution is 0.0855. The van der Waals surface area contributed by atoms with E-state index >= 15 is 0 Å². The predicted molar refractivity (Wildman–Crippen MR) is 73.5 cm³/mol. The van der Waals surface area contributed by atoms with E-state index in [4.69, 9.17) is 15.2 Å². The lowest BCUT2D eigenvalue weighted by atomic mass is 10.1. The highest BCUT2D eigenvalue weighted by molar-refractivity contribution is 5.98. The Morgan fingerprint density at radius 2 is 2.37 bits per heavy atom. The monoisotopic (exact) mass is 264 g/mol. The van der Waals surface area contributed by atoms with Crippen molar-refractivity contribution in [2.45, 2.75) is 25.9 Å². The number of anilines is 1. The molecule has 0 spiro atoms. The maximum Gasteiger partial charge on any atom is 0.255 e. The van der Waals surface area contributed by atoms with Gasteiger partial charge in [-0.05, 0) is 37.5 Å². The lowest BCUT2D eigenvalue weighted by Gasteiger charge is -2.14. The number of carbonyl (C=O) groups excluding carboxylic acids is 1. The summed E-state index contributed by atoms with van der Waals surface area (Å²) in [4.78, 5) is 12.1. The average molecular weight is 264 g/mol. The second-order valence-electron chi connectivity index (χ2n) is 4.75. The van der Waals surface area contributed by atoms with Crippen LogP contribution in [0.3, 0.4) is 0 Å². The third kappa shape index (κ3) is 3.17. The summed E-state index contributed by atoms with van der Waals surface area (Å²) in [6, 6.07) is 3.43. The fourth-order valence-corrected chi connectivity index (χ4v) is 2.15. The largest absolute Gasteiger partial charge is 0.496 e.